The normalized spacial score (nSPS) is 18.3. The van der Waals surface area contributed by atoms with Crippen LogP contribution in [0.2, 0.25) is 0 Å². The Morgan fingerprint density at radius 2 is 1.87 bits per heavy atom. The largest absolute Gasteiger partial charge is 0.475 e. The van der Waals surface area contributed by atoms with Gasteiger partial charge in [0.15, 0.2) is 0 Å². The Labute approximate surface area is 223 Å². The van der Waals surface area contributed by atoms with Crippen LogP contribution in [-0.2, 0) is 27.1 Å². The van der Waals surface area contributed by atoms with Crippen LogP contribution in [0.15, 0.2) is 54.1 Å². The van der Waals surface area contributed by atoms with Crippen molar-refractivity contribution in [1.82, 2.24) is 10.2 Å². The predicted molar refractivity (Wildman–Crippen MR) is 144 cm³/mol. The van der Waals surface area contributed by atoms with Crippen molar-refractivity contribution >= 4 is 25.2 Å². The van der Waals surface area contributed by atoms with E-state index in [-0.39, 0.29) is 36.6 Å². The van der Waals surface area contributed by atoms with Crippen molar-refractivity contribution in [3.63, 3.8) is 0 Å². The summed E-state index contributed by atoms with van der Waals surface area (Å²) < 4.78 is 10.7. The van der Waals surface area contributed by atoms with Gasteiger partial charge >= 0.3 is 13.2 Å². The third-order valence-electron chi connectivity index (χ3n) is 6.38. The van der Waals surface area contributed by atoms with Crippen LogP contribution >= 0.6 is 0 Å². The van der Waals surface area contributed by atoms with E-state index < -0.39 is 19.2 Å². The summed E-state index contributed by atoms with van der Waals surface area (Å²) in [7, 11) is -1.74. The topological polar surface area (TPSA) is 132 Å². The maximum atomic E-state index is 13.0. The molecule has 3 rings (SSSR count). The first-order valence-electron chi connectivity index (χ1n) is 12.6. The van der Waals surface area contributed by atoms with Gasteiger partial charge in [0.1, 0.15) is 11.6 Å². The lowest BCUT2D eigenvalue weighted by atomic mass is 9.76. The molecule has 2 aromatic carbocycles. The van der Waals surface area contributed by atoms with Crippen LogP contribution in [0, 0.1) is 18.3 Å². The molecule has 10 heteroatoms. The Morgan fingerprint density at radius 1 is 1.18 bits per heavy atom. The number of carbonyl (C=O) groups excluding carboxylic acids is 2. The zero-order valence-electron chi connectivity index (χ0n) is 22.0. The van der Waals surface area contributed by atoms with Crippen molar-refractivity contribution in [2.75, 3.05) is 19.8 Å². The number of nitrogens with zero attached hydrogens (tertiary/aromatic N) is 2. The zero-order chi connectivity index (χ0) is 27.7. The first-order chi connectivity index (χ1) is 18.2. The van der Waals surface area contributed by atoms with E-state index in [1.54, 1.807) is 23.1 Å². The van der Waals surface area contributed by atoms with Gasteiger partial charge in [0, 0.05) is 6.42 Å². The molecule has 0 aromatic heterocycles. The number of hydrogen-bond donors (Lipinski definition) is 3. The molecular formula is C28H34BN3O6. The molecule has 1 heterocycles. The summed E-state index contributed by atoms with van der Waals surface area (Å²) in [6.07, 6.45) is 1.44. The highest BCUT2D eigenvalue weighted by Gasteiger charge is 2.31. The van der Waals surface area contributed by atoms with Crippen LogP contribution in [0.1, 0.15) is 36.1 Å². The van der Waals surface area contributed by atoms with Crippen LogP contribution in [0.3, 0.4) is 0 Å². The molecule has 0 unspecified atom stereocenters. The monoisotopic (exact) mass is 519 g/mol. The van der Waals surface area contributed by atoms with Crippen molar-refractivity contribution in [3.8, 4) is 6.07 Å². The minimum atomic E-state index is -1.74. The molecule has 1 aliphatic rings. The van der Waals surface area contributed by atoms with Crippen molar-refractivity contribution in [2.24, 2.45) is 0 Å². The molecule has 0 spiro atoms. The SMILES string of the molecule is Cc1ccc(C[C@H](NC(=O)OCCc2cccc(C=C(C#N)C(=O)N3[C@@H](C)COC[C@@H]3C)c2)B(O)O)cc1. The number of ether oxygens (including phenoxy) is 2. The molecule has 2 aromatic rings. The molecular weight excluding hydrogens is 485 g/mol. The number of benzene rings is 2. The standard InChI is InChI=1S/C28H34BN3O6/c1-19-7-9-23(10-8-19)15-26(29(35)36)31-28(34)38-12-11-22-5-4-6-24(13-22)14-25(16-30)27(33)32-20(2)17-37-18-21(32)3/h4-10,13-14,20-21,26,35-36H,11-12,15,17-18H2,1-3H3,(H,31,34)/t20-,21-,26-/m0/s1. The van der Waals surface area contributed by atoms with Gasteiger partial charge in [-0.15, -0.1) is 0 Å². The molecule has 0 radical (unpaired) electrons. The van der Waals surface area contributed by atoms with Gasteiger partial charge in [-0.1, -0.05) is 54.1 Å². The molecule has 1 saturated heterocycles. The minimum Gasteiger partial charge on any atom is -0.449 e. The van der Waals surface area contributed by atoms with Crippen molar-refractivity contribution in [2.45, 2.75) is 51.6 Å². The third kappa shape index (κ3) is 8.18. The second-order valence-electron chi connectivity index (χ2n) is 9.60. The molecule has 9 nitrogen and oxygen atoms in total. The third-order valence-corrected chi connectivity index (χ3v) is 6.38. The number of carbonyl (C=O) groups is 2. The molecule has 38 heavy (non-hydrogen) atoms. The highest BCUT2D eigenvalue weighted by Crippen LogP contribution is 2.19. The fraction of sp³-hybridized carbons (Fsp3) is 0.393. The second-order valence-corrected chi connectivity index (χ2v) is 9.60. The average Bonchev–Trinajstić information content (AvgIpc) is 2.88. The van der Waals surface area contributed by atoms with Gasteiger partial charge in [-0.25, -0.2) is 4.79 Å². The smallest absolute Gasteiger partial charge is 0.449 e. The summed E-state index contributed by atoms with van der Waals surface area (Å²) in [4.78, 5) is 27.0. The van der Waals surface area contributed by atoms with Crippen molar-refractivity contribution in [1.29, 1.82) is 5.26 Å². The lowest BCUT2D eigenvalue weighted by Crippen LogP contribution is -2.52. The molecule has 3 N–H and O–H groups in total. The quantitative estimate of drug-likeness (QED) is 0.263. The molecule has 0 bridgehead atoms. The van der Waals surface area contributed by atoms with Crippen LogP contribution < -0.4 is 5.32 Å². The van der Waals surface area contributed by atoms with E-state index in [4.69, 9.17) is 9.47 Å². The maximum absolute atomic E-state index is 13.0. The Bertz CT molecular complexity index is 1170. The summed E-state index contributed by atoms with van der Waals surface area (Å²) in [5, 5.41) is 31.5. The van der Waals surface area contributed by atoms with E-state index in [9.17, 15) is 24.9 Å². The highest BCUT2D eigenvalue weighted by molar-refractivity contribution is 6.43. The molecule has 200 valence electrons. The van der Waals surface area contributed by atoms with Crippen LogP contribution in [-0.4, -0.2) is 71.9 Å². The lowest BCUT2D eigenvalue weighted by Gasteiger charge is -2.38. The van der Waals surface area contributed by atoms with E-state index in [0.29, 0.717) is 25.2 Å². The van der Waals surface area contributed by atoms with Gasteiger partial charge in [0.25, 0.3) is 5.91 Å². The summed E-state index contributed by atoms with van der Waals surface area (Å²) >= 11 is 0. The number of morpholine rings is 1. The number of nitriles is 1. The summed E-state index contributed by atoms with van der Waals surface area (Å²) in [5.41, 5.74) is 3.51. The van der Waals surface area contributed by atoms with Gasteiger partial charge in [0.05, 0.1) is 37.8 Å². The number of alkyl carbamates (subject to hydrolysis) is 1. The van der Waals surface area contributed by atoms with Gasteiger partial charge in [0.2, 0.25) is 0 Å². The lowest BCUT2D eigenvalue weighted by molar-refractivity contribution is -0.139. The van der Waals surface area contributed by atoms with Gasteiger partial charge in [-0.2, -0.15) is 5.26 Å². The van der Waals surface area contributed by atoms with Crippen molar-refractivity contribution < 1.29 is 29.1 Å². The number of amides is 2. The number of aryl methyl sites for hydroxylation is 1. The van der Waals surface area contributed by atoms with E-state index in [1.165, 1.54) is 0 Å². The van der Waals surface area contributed by atoms with Crippen LogP contribution in [0.4, 0.5) is 4.79 Å². The van der Waals surface area contributed by atoms with Crippen molar-refractivity contribution in [3.05, 3.63) is 76.4 Å². The predicted octanol–water partition coefficient (Wildman–Crippen LogP) is 2.43. The molecule has 2 amide bonds. The number of nitrogens with one attached hydrogen (secondary N) is 1. The zero-order valence-corrected chi connectivity index (χ0v) is 22.0. The van der Waals surface area contributed by atoms with Gasteiger partial charge in [-0.05, 0) is 50.0 Å². The Morgan fingerprint density at radius 3 is 2.50 bits per heavy atom. The molecule has 1 aliphatic heterocycles. The molecule has 0 saturated carbocycles. The summed E-state index contributed by atoms with van der Waals surface area (Å²) in [6.45, 7) is 6.67. The first-order valence-corrected chi connectivity index (χ1v) is 12.6. The van der Waals surface area contributed by atoms with E-state index in [1.807, 2.05) is 63.2 Å². The van der Waals surface area contributed by atoms with Gasteiger partial charge < -0.3 is 29.7 Å². The summed E-state index contributed by atoms with van der Waals surface area (Å²) in [6, 6.07) is 16.6. The van der Waals surface area contributed by atoms with E-state index >= 15 is 0 Å². The Kier molecular flexibility index (Phi) is 10.5. The van der Waals surface area contributed by atoms with Crippen LogP contribution in [0.5, 0.6) is 0 Å². The first kappa shape index (κ1) is 28.9. The van der Waals surface area contributed by atoms with Crippen LogP contribution in [0.25, 0.3) is 6.08 Å². The van der Waals surface area contributed by atoms with E-state index in [2.05, 4.69) is 5.32 Å². The van der Waals surface area contributed by atoms with E-state index in [0.717, 1.165) is 16.7 Å². The Hall–Kier alpha value is -3.65. The molecule has 0 aliphatic carbocycles. The second kappa shape index (κ2) is 13.8. The number of rotatable bonds is 9. The van der Waals surface area contributed by atoms with Gasteiger partial charge in [-0.3, -0.25) is 4.79 Å². The minimum absolute atomic E-state index is 0.0422. The molecule has 3 atom stereocenters. The Balaban J connectivity index is 1.56. The maximum Gasteiger partial charge on any atom is 0.475 e. The summed E-state index contributed by atoms with van der Waals surface area (Å²) in [5.74, 6) is -1.25. The highest BCUT2D eigenvalue weighted by atomic mass is 16.5. The fourth-order valence-electron chi connectivity index (χ4n) is 4.35. The fourth-order valence-corrected chi connectivity index (χ4v) is 4.35. The number of hydrogen-bond acceptors (Lipinski definition) is 7. The molecule has 1 fully saturated rings. The average molecular weight is 519 g/mol.